The van der Waals surface area contributed by atoms with Gasteiger partial charge in [-0.3, -0.25) is 0 Å². The van der Waals surface area contributed by atoms with Crippen molar-refractivity contribution >= 4 is 63.7 Å². The van der Waals surface area contributed by atoms with Crippen LogP contribution >= 0.6 is 63.7 Å². The number of hydrogen-bond donors (Lipinski definition) is 0. The van der Waals surface area contributed by atoms with Gasteiger partial charge < -0.3 is 0 Å². The molecule has 0 N–H and O–H groups in total. The van der Waals surface area contributed by atoms with Gasteiger partial charge in [0.05, 0.1) is 3.74 Å². The van der Waals surface area contributed by atoms with Gasteiger partial charge in [0.25, 0.3) is 0 Å². The smallest absolute Gasteiger partial charge is 0.0912 e. The van der Waals surface area contributed by atoms with Crippen LogP contribution in [0, 0.1) is 0 Å². The molecule has 13 heavy (non-hydrogen) atoms. The third-order valence-corrected chi connectivity index (χ3v) is 5.11. The van der Waals surface area contributed by atoms with E-state index in [2.05, 4.69) is 88.0 Å². The van der Waals surface area contributed by atoms with E-state index in [4.69, 9.17) is 0 Å². The van der Waals surface area contributed by atoms with E-state index in [1.807, 2.05) is 0 Å². The van der Waals surface area contributed by atoms with Crippen LogP contribution in [0.4, 0.5) is 0 Å². The zero-order valence-corrected chi connectivity index (χ0v) is 13.0. The number of rotatable bonds is 3. The summed E-state index contributed by atoms with van der Waals surface area (Å²) in [6.07, 6.45) is 0. The first-order valence-electron chi connectivity index (χ1n) is 3.73. The van der Waals surface area contributed by atoms with Gasteiger partial charge in [0.15, 0.2) is 0 Å². The molecule has 0 aromatic heterocycles. The zero-order valence-electron chi connectivity index (χ0n) is 6.68. The van der Waals surface area contributed by atoms with Gasteiger partial charge in [0, 0.05) is 10.2 Å². The molecule has 72 valence electrons. The summed E-state index contributed by atoms with van der Waals surface area (Å²) in [6, 6.07) is 8.48. The van der Waals surface area contributed by atoms with Gasteiger partial charge in [-0.15, -0.1) is 0 Å². The molecule has 0 radical (unpaired) electrons. The number of benzene rings is 1. The van der Waals surface area contributed by atoms with Gasteiger partial charge in [-0.1, -0.05) is 88.0 Å². The number of alkyl halides is 4. The largest absolute Gasteiger partial charge is 0.0946 e. The molecule has 0 spiro atoms. The molecular formula is C9H8Br4. The Labute approximate surface area is 112 Å². The minimum atomic E-state index is 0.242. The second kappa shape index (κ2) is 5.89. The topological polar surface area (TPSA) is 0 Å². The average molecular weight is 436 g/mol. The Morgan fingerprint density at radius 1 is 0.923 bits per heavy atom. The van der Waals surface area contributed by atoms with Gasteiger partial charge >= 0.3 is 0 Å². The summed E-state index contributed by atoms with van der Waals surface area (Å²) >= 11 is 13.9. The van der Waals surface area contributed by atoms with E-state index in [-0.39, 0.29) is 3.74 Å². The second-order valence-corrected chi connectivity index (χ2v) is 7.40. The number of halogens is 4. The highest BCUT2D eigenvalue weighted by molar-refractivity contribution is 9.24. The highest BCUT2D eigenvalue weighted by Gasteiger charge is 2.06. The molecule has 0 nitrogen and oxygen atoms in total. The second-order valence-electron chi connectivity index (χ2n) is 2.59. The molecule has 1 rings (SSSR count). The van der Waals surface area contributed by atoms with Crippen molar-refractivity contribution in [3.8, 4) is 0 Å². The predicted octanol–water partition coefficient (Wildman–Crippen LogP) is 5.31. The van der Waals surface area contributed by atoms with E-state index in [9.17, 15) is 0 Å². The normalized spacial score (nSPS) is 13.3. The summed E-state index contributed by atoms with van der Waals surface area (Å²) in [4.78, 5) is 0.394. The van der Waals surface area contributed by atoms with Crippen LogP contribution in [0.2, 0.25) is 0 Å². The fourth-order valence-electron chi connectivity index (χ4n) is 0.939. The first kappa shape index (κ1) is 12.2. The predicted molar refractivity (Wildman–Crippen MR) is 72.5 cm³/mol. The van der Waals surface area contributed by atoms with Gasteiger partial charge in [-0.25, -0.2) is 0 Å². The summed E-state index contributed by atoms with van der Waals surface area (Å²) in [5.74, 6) is 0. The molecule has 4 heteroatoms. The monoisotopic (exact) mass is 432 g/mol. The molecule has 0 heterocycles. The lowest BCUT2D eigenvalue weighted by atomic mass is 10.1. The van der Waals surface area contributed by atoms with E-state index >= 15 is 0 Å². The Hall–Kier alpha value is 1.14. The third-order valence-electron chi connectivity index (χ3n) is 1.69. The molecule has 0 aliphatic carbocycles. The lowest BCUT2D eigenvalue weighted by Crippen LogP contribution is -1.90. The van der Waals surface area contributed by atoms with Crippen molar-refractivity contribution in [1.82, 2.24) is 0 Å². The van der Waals surface area contributed by atoms with E-state index in [1.54, 1.807) is 0 Å². The summed E-state index contributed by atoms with van der Waals surface area (Å²) in [6.45, 7) is 0. The van der Waals surface area contributed by atoms with Crippen LogP contribution in [0.25, 0.3) is 0 Å². The van der Waals surface area contributed by atoms with Crippen molar-refractivity contribution in [2.24, 2.45) is 0 Å². The first-order valence-corrected chi connectivity index (χ1v) is 7.60. The molecule has 0 aliphatic heterocycles. The summed E-state index contributed by atoms with van der Waals surface area (Å²) in [5.41, 5.74) is 2.53. The quantitative estimate of drug-likeness (QED) is 0.565. The summed E-state index contributed by atoms with van der Waals surface area (Å²) < 4.78 is 0.242. The van der Waals surface area contributed by atoms with Crippen molar-refractivity contribution < 1.29 is 0 Å². The fourth-order valence-corrected chi connectivity index (χ4v) is 2.23. The molecule has 0 saturated carbocycles. The fraction of sp³-hybridized carbons (Fsp3) is 0.333. The molecule has 0 saturated heterocycles. The minimum Gasteiger partial charge on any atom is -0.0912 e. The Morgan fingerprint density at radius 3 is 1.77 bits per heavy atom. The molecule has 1 unspecified atom stereocenters. The van der Waals surface area contributed by atoms with Gasteiger partial charge in [-0.05, 0) is 11.1 Å². The van der Waals surface area contributed by atoms with Crippen LogP contribution in [0.15, 0.2) is 24.3 Å². The Bertz CT molecular complexity index is 255. The van der Waals surface area contributed by atoms with Crippen LogP contribution in [0.3, 0.4) is 0 Å². The maximum absolute atomic E-state index is 3.58. The molecule has 1 aromatic carbocycles. The SMILES string of the molecule is BrCC(Br)c1ccc(C(Br)Br)cc1. The van der Waals surface area contributed by atoms with Crippen LogP contribution in [-0.4, -0.2) is 5.33 Å². The molecule has 0 amide bonds. The Morgan fingerprint density at radius 2 is 1.38 bits per heavy atom. The van der Waals surface area contributed by atoms with Crippen LogP contribution in [0.1, 0.15) is 19.7 Å². The highest BCUT2D eigenvalue weighted by Crippen LogP contribution is 2.31. The number of hydrogen-bond acceptors (Lipinski definition) is 0. The average Bonchev–Trinajstić information content (AvgIpc) is 2.17. The molecule has 0 bridgehead atoms. The van der Waals surface area contributed by atoms with Crippen molar-refractivity contribution in [2.45, 2.75) is 8.56 Å². The minimum absolute atomic E-state index is 0.242. The lowest BCUT2D eigenvalue weighted by molar-refractivity contribution is 1.15. The van der Waals surface area contributed by atoms with Crippen molar-refractivity contribution in [3.63, 3.8) is 0 Å². The van der Waals surface area contributed by atoms with E-state index < -0.39 is 0 Å². The van der Waals surface area contributed by atoms with E-state index in [1.165, 1.54) is 11.1 Å². The van der Waals surface area contributed by atoms with Crippen LogP contribution in [-0.2, 0) is 0 Å². The van der Waals surface area contributed by atoms with E-state index in [0.29, 0.717) is 4.83 Å². The van der Waals surface area contributed by atoms with E-state index in [0.717, 1.165) is 5.33 Å². The van der Waals surface area contributed by atoms with Crippen LogP contribution < -0.4 is 0 Å². The molecule has 0 aliphatic rings. The molecule has 1 aromatic rings. The summed E-state index contributed by atoms with van der Waals surface area (Å²) in [7, 11) is 0. The highest BCUT2D eigenvalue weighted by atomic mass is 79.9. The third kappa shape index (κ3) is 3.65. The maximum atomic E-state index is 3.58. The van der Waals surface area contributed by atoms with Gasteiger partial charge in [0.1, 0.15) is 0 Å². The van der Waals surface area contributed by atoms with Crippen molar-refractivity contribution in [3.05, 3.63) is 35.4 Å². The van der Waals surface area contributed by atoms with Crippen LogP contribution in [0.5, 0.6) is 0 Å². The zero-order chi connectivity index (χ0) is 9.84. The van der Waals surface area contributed by atoms with Gasteiger partial charge in [-0.2, -0.15) is 0 Å². The Balaban J connectivity index is 2.81. The Kier molecular flexibility index (Phi) is 5.53. The first-order chi connectivity index (χ1) is 6.15. The van der Waals surface area contributed by atoms with Gasteiger partial charge in [0.2, 0.25) is 0 Å². The standard InChI is InChI=1S/C9H8Br4/c10-5-8(11)6-1-3-7(4-2-6)9(12)13/h1-4,8-9H,5H2. The molecule has 0 fully saturated rings. The van der Waals surface area contributed by atoms with Crippen molar-refractivity contribution in [1.29, 1.82) is 0 Å². The summed E-state index contributed by atoms with van der Waals surface area (Å²) in [5, 5.41) is 0.929. The molecular weight excluding hydrogens is 428 g/mol. The molecule has 1 atom stereocenters. The lowest BCUT2D eigenvalue weighted by Gasteiger charge is -2.07. The maximum Gasteiger partial charge on any atom is 0.0946 e. The van der Waals surface area contributed by atoms with Crippen molar-refractivity contribution in [2.75, 3.05) is 5.33 Å².